The van der Waals surface area contributed by atoms with E-state index in [0.29, 0.717) is 30.8 Å². The first-order valence-corrected chi connectivity index (χ1v) is 10.4. The number of fused-ring (bicyclic) bond motifs is 1. The van der Waals surface area contributed by atoms with Crippen molar-refractivity contribution in [2.45, 2.75) is 45.7 Å². The first-order chi connectivity index (χ1) is 14.4. The van der Waals surface area contributed by atoms with E-state index in [0.717, 1.165) is 5.56 Å². The average molecular weight is 415 g/mol. The number of carbonyl (C=O) groups excluding carboxylic acids is 3. The summed E-state index contributed by atoms with van der Waals surface area (Å²) >= 11 is 0. The number of ether oxygens (including phenoxy) is 2. The van der Waals surface area contributed by atoms with Gasteiger partial charge in [0, 0.05) is 18.2 Å². The third kappa shape index (κ3) is 4.35. The quantitative estimate of drug-likeness (QED) is 0.522. The molecule has 1 aliphatic carbocycles. The van der Waals surface area contributed by atoms with E-state index in [1.807, 2.05) is 32.1 Å². The topological polar surface area (TPSA) is 84.9 Å². The molecular formula is C23H30N2O5. The summed E-state index contributed by atoms with van der Waals surface area (Å²) in [5.74, 6) is -0.0512. The van der Waals surface area contributed by atoms with Crippen molar-refractivity contribution in [3.8, 4) is 11.5 Å². The Morgan fingerprint density at radius 2 is 1.73 bits per heavy atom. The van der Waals surface area contributed by atoms with Gasteiger partial charge in [-0.15, -0.1) is 0 Å². The lowest BCUT2D eigenvalue weighted by Crippen LogP contribution is -2.50. The Labute approximate surface area is 177 Å². The maximum Gasteiger partial charge on any atom is 0.243 e. The third-order valence-corrected chi connectivity index (χ3v) is 5.80. The van der Waals surface area contributed by atoms with Crippen molar-refractivity contribution >= 4 is 17.7 Å². The summed E-state index contributed by atoms with van der Waals surface area (Å²) in [7, 11) is 3.13. The number of likely N-dealkylation sites (tertiary alicyclic amines) is 1. The van der Waals surface area contributed by atoms with Crippen molar-refractivity contribution in [3.05, 3.63) is 35.9 Å². The van der Waals surface area contributed by atoms with Crippen molar-refractivity contribution in [2.75, 3.05) is 14.2 Å². The number of hydrogen-bond donors (Lipinski definition) is 1. The summed E-state index contributed by atoms with van der Waals surface area (Å²) in [5.41, 5.74) is 0.784. The van der Waals surface area contributed by atoms with Crippen LogP contribution in [0.15, 0.2) is 30.4 Å². The molecule has 0 saturated carbocycles. The second-order valence-electron chi connectivity index (χ2n) is 8.24. The number of allylic oxidation sites excluding steroid dienone is 2. The van der Waals surface area contributed by atoms with Gasteiger partial charge in [0.05, 0.1) is 26.1 Å². The minimum atomic E-state index is -0.806. The van der Waals surface area contributed by atoms with Crippen molar-refractivity contribution in [2.24, 2.45) is 17.8 Å². The second-order valence-corrected chi connectivity index (χ2v) is 8.24. The van der Waals surface area contributed by atoms with Crippen LogP contribution in [0, 0.1) is 17.8 Å². The van der Waals surface area contributed by atoms with Crippen LogP contribution in [-0.4, -0.2) is 42.9 Å². The molecule has 2 aliphatic rings. The molecule has 162 valence electrons. The van der Waals surface area contributed by atoms with Gasteiger partial charge < -0.3 is 14.8 Å². The lowest BCUT2D eigenvalue weighted by atomic mass is 9.85. The number of hydrogen-bond acceptors (Lipinski definition) is 5. The predicted molar refractivity (Wildman–Crippen MR) is 112 cm³/mol. The molecule has 1 fully saturated rings. The fourth-order valence-electron chi connectivity index (χ4n) is 4.21. The zero-order valence-electron chi connectivity index (χ0n) is 18.0. The molecule has 0 aromatic heterocycles. The van der Waals surface area contributed by atoms with Crippen molar-refractivity contribution in [3.63, 3.8) is 0 Å². The number of benzene rings is 1. The van der Waals surface area contributed by atoms with E-state index in [1.54, 1.807) is 26.4 Å². The predicted octanol–water partition coefficient (Wildman–Crippen LogP) is 2.69. The molecule has 7 nitrogen and oxygen atoms in total. The van der Waals surface area contributed by atoms with Gasteiger partial charge in [0.1, 0.15) is 17.5 Å². The molecule has 3 unspecified atom stereocenters. The summed E-state index contributed by atoms with van der Waals surface area (Å²) in [5, 5.41) is 2.89. The summed E-state index contributed by atoms with van der Waals surface area (Å²) in [6.07, 6.45) is 5.44. The second kappa shape index (κ2) is 9.32. The van der Waals surface area contributed by atoms with Gasteiger partial charge in [-0.1, -0.05) is 26.0 Å². The molecule has 30 heavy (non-hydrogen) atoms. The van der Waals surface area contributed by atoms with Crippen molar-refractivity contribution in [1.82, 2.24) is 10.2 Å². The van der Waals surface area contributed by atoms with E-state index in [9.17, 15) is 14.4 Å². The highest BCUT2D eigenvalue weighted by molar-refractivity contribution is 6.08. The monoisotopic (exact) mass is 414 g/mol. The molecule has 1 N–H and O–H groups in total. The molecular weight excluding hydrogens is 384 g/mol. The van der Waals surface area contributed by atoms with E-state index in [4.69, 9.17) is 9.47 Å². The standard InChI is InChI=1S/C23H30N2O5/c1-14(2)11-19(25-22(27)17-7-5-6-8-18(17)23(25)28)21(26)24-13-15-9-10-16(29-3)12-20(15)30-4/h5-6,9-10,12,14,17-19H,7-8,11,13H2,1-4H3,(H,24,26). The highest BCUT2D eigenvalue weighted by atomic mass is 16.5. The lowest BCUT2D eigenvalue weighted by molar-refractivity contribution is -0.148. The number of methoxy groups -OCH3 is 2. The fraction of sp³-hybridized carbons (Fsp3) is 0.522. The molecule has 0 bridgehead atoms. The Morgan fingerprint density at radius 1 is 1.10 bits per heavy atom. The summed E-state index contributed by atoms with van der Waals surface area (Å²) < 4.78 is 10.6. The van der Waals surface area contributed by atoms with Crippen LogP contribution in [0.25, 0.3) is 0 Å². The Kier molecular flexibility index (Phi) is 6.80. The Bertz CT molecular complexity index is 822. The van der Waals surface area contributed by atoms with Crippen LogP contribution in [0.2, 0.25) is 0 Å². The molecule has 1 saturated heterocycles. The minimum absolute atomic E-state index is 0.151. The molecule has 3 atom stereocenters. The third-order valence-electron chi connectivity index (χ3n) is 5.80. The first kappa shape index (κ1) is 21.9. The Balaban J connectivity index is 1.77. The summed E-state index contributed by atoms with van der Waals surface area (Å²) in [6, 6.07) is 4.56. The molecule has 0 spiro atoms. The average Bonchev–Trinajstić information content (AvgIpc) is 3.00. The van der Waals surface area contributed by atoms with Crippen LogP contribution >= 0.6 is 0 Å². The van der Waals surface area contributed by atoms with Crippen LogP contribution in [0.5, 0.6) is 11.5 Å². The van der Waals surface area contributed by atoms with Crippen LogP contribution in [0.1, 0.15) is 38.7 Å². The fourth-order valence-corrected chi connectivity index (χ4v) is 4.21. The maximum atomic E-state index is 13.1. The van der Waals surface area contributed by atoms with Crippen LogP contribution in [0.4, 0.5) is 0 Å². The number of nitrogens with zero attached hydrogens (tertiary/aromatic N) is 1. The molecule has 1 heterocycles. The van der Waals surface area contributed by atoms with Crippen molar-refractivity contribution in [1.29, 1.82) is 0 Å². The summed E-state index contributed by atoms with van der Waals surface area (Å²) in [4.78, 5) is 40.3. The Hall–Kier alpha value is -2.83. The van der Waals surface area contributed by atoms with E-state index >= 15 is 0 Å². The van der Waals surface area contributed by atoms with Gasteiger partial charge in [-0.05, 0) is 37.3 Å². The molecule has 0 radical (unpaired) electrons. The lowest BCUT2D eigenvalue weighted by Gasteiger charge is -2.27. The first-order valence-electron chi connectivity index (χ1n) is 10.4. The van der Waals surface area contributed by atoms with E-state index in [1.165, 1.54) is 4.90 Å². The zero-order chi connectivity index (χ0) is 21.8. The number of imide groups is 1. The van der Waals surface area contributed by atoms with Gasteiger partial charge in [-0.2, -0.15) is 0 Å². The normalized spacial score (nSPS) is 21.6. The number of carbonyl (C=O) groups is 3. The molecule has 3 amide bonds. The Morgan fingerprint density at radius 3 is 2.27 bits per heavy atom. The smallest absolute Gasteiger partial charge is 0.243 e. The highest BCUT2D eigenvalue weighted by Gasteiger charge is 2.51. The van der Waals surface area contributed by atoms with Gasteiger partial charge in [-0.3, -0.25) is 19.3 Å². The highest BCUT2D eigenvalue weighted by Crippen LogP contribution is 2.37. The van der Waals surface area contributed by atoms with E-state index in [2.05, 4.69) is 5.32 Å². The zero-order valence-corrected chi connectivity index (χ0v) is 18.0. The molecule has 3 rings (SSSR count). The number of nitrogens with one attached hydrogen (secondary N) is 1. The van der Waals surface area contributed by atoms with Gasteiger partial charge in [0.15, 0.2) is 0 Å². The molecule has 1 aliphatic heterocycles. The van der Waals surface area contributed by atoms with Crippen LogP contribution in [-0.2, 0) is 20.9 Å². The van der Waals surface area contributed by atoms with E-state index in [-0.39, 0.29) is 42.0 Å². The maximum absolute atomic E-state index is 13.1. The molecule has 1 aromatic carbocycles. The van der Waals surface area contributed by atoms with Crippen LogP contribution in [0.3, 0.4) is 0 Å². The van der Waals surface area contributed by atoms with Crippen molar-refractivity contribution < 1.29 is 23.9 Å². The van der Waals surface area contributed by atoms with Gasteiger partial charge in [-0.25, -0.2) is 0 Å². The largest absolute Gasteiger partial charge is 0.497 e. The molecule has 7 heteroatoms. The van der Waals surface area contributed by atoms with Crippen LogP contribution < -0.4 is 14.8 Å². The molecule has 1 aromatic rings. The van der Waals surface area contributed by atoms with Gasteiger partial charge in [0.25, 0.3) is 0 Å². The van der Waals surface area contributed by atoms with Gasteiger partial charge in [0.2, 0.25) is 17.7 Å². The number of amides is 3. The minimum Gasteiger partial charge on any atom is -0.497 e. The van der Waals surface area contributed by atoms with Gasteiger partial charge >= 0.3 is 0 Å². The number of rotatable bonds is 8. The summed E-state index contributed by atoms with van der Waals surface area (Å²) in [6.45, 7) is 4.18. The van der Waals surface area contributed by atoms with E-state index < -0.39 is 6.04 Å². The SMILES string of the molecule is COc1ccc(CNC(=O)C(CC(C)C)N2C(=O)C3CC=CCC3C2=O)c(OC)c1.